The summed E-state index contributed by atoms with van der Waals surface area (Å²) in [7, 11) is -3.61. The number of esters is 1. The van der Waals surface area contributed by atoms with Crippen molar-refractivity contribution in [2.75, 3.05) is 19.7 Å². The van der Waals surface area contributed by atoms with Crippen molar-refractivity contribution in [1.29, 1.82) is 0 Å². The van der Waals surface area contributed by atoms with Gasteiger partial charge in [0.25, 0.3) is 0 Å². The first-order valence-corrected chi connectivity index (χ1v) is 9.26. The Kier molecular flexibility index (Phi) is 5.29. The minimum atomic E-state index is -3.61. The lowest BCUT2D eigenvalue weighted by Gasteiger charge is -2.20. The fourth-order valence-electron chi connectivity index (χ4n) is 2.58. The molecule has 0 spiro atoms. The summed E-state index contributed by atoms with van der Waals surface area (Å²) < 4.78 is 31.0. The molecule has 0 saturated carbocycles. The average molecular weight is 355 g/mol. The first-order valence-electron chi connectivity index (χ1n) is 7.65. The number of carboxylic acids is 1. The Morgan fingerprint density at radius 2 is 1.92 bits per heavy atom. The van der Waals surface area contributed by atoms with Gasteiger partial charge in [0.1, 0.15) is 0 Å². The summed E-state index contributed by atoms with van der Waals surface area (Å²) in [5, 5.41) is 9.21. The van der Waals surface area contributed by atoms with Crippen LogP contribution in [0.5, 0.6) is 0 Å². The lowest BCUT2D eigenvalue weighted by Crippen LogP contribution is -2.35. The van der Waals surface area contributed by atoms with Gasteiger partial charge in [-0.3, -0.25) is 4.79 Å². The summed E-state index contributed by atoms with van der Waals surface area (Å²) in [5.74, 6) is -1.67. The lowest BCUT2D eigenvalue weighted by atomic mass is 9.90. The highest BCUT2D eigenvalue weighted by Gasteiger charge is 2.44. The zero-order chi connectivity index (χ0) is 18.0. The van der Waals surface area contributed by atoms with E-state index in [0.29, 0.717) is 17.5 Å². The number of carboxylic acid groups (broad SMARTS) is 1. The zero-order valence-electron chi connectivity index (χ0n) is 13.7. The number of carbonyl (C=O) groups is 2. The molecule has 0 aromatic heterocycles. The van der Waals surface area contributed by atoms with Gasteiger partial charge in [-0.15, -0.1) is 0 Å². The zero-order valence-corrected chi connectivity index (χ0v) is 14.5. The largest absolute Gasteiger partial charge is 0.481 e. The Morgan fingerprint density at radius 1 is 1.29 bits per heavy atom. The molecule has 1 saturated heterocycles. The molecule has 1 N–H and O–H groups in total. The first kappa shape index (κ1) is 18.4. The molecule has 24 heavy (non-hydrogen) atoms. The topological polar surface area (TPSA) is 101 Å². The van der Waals surface area contributed by atoms with E-state index in [1.54, 1.807) is 26.0 Å². The third-order valence-corrected chi connectivity index (χ3v) is 5.96. The quantitative estimate of drug-likeness (QED) is 0.776. The van der Waals surface area contributed by atoms with Crippen LogP contribution >= 0.6 is 0 Å². The molecule has 7 nitrogen and oxygen atoms in total. The van der Waals surface area contributed by atoms with Gasteiger partial charge < -0.3 is 9.84 Å². The third kappa shape index (κ3) is 3.93. The predicted octanol–water partition coefficient (Wildman–Crippen LogP) is 1.49. The number of nitrogens with zero attached hydrogens (tertiary/aromatic N) is 1. The molecule has 0 bridgehead atoms. The lowest BCUT2D eigenvalue weighted by molar-refractivity contribution is -0.146. The number of hydrogen-bond acceptors (Lipinski definition) is 5. The number of ether oxygens (including phenoxy) is 1. The minimum absolute atomic E-state index is 0.0222. The summed E-state index contributed by atoms with van der Waals surface area (Å²) >= 11 is 0. The molecule has 1 unspecified atom stereocenters. The highest BCUT2D eigenvalue weighted by molar-refractivity contribution is 7.88. The van der Waals surface area contributed by atoms with Crippen LogP contribution in [0.15, 0.2) is 24.3 Å². The number of carbonyl (C=O) groups excluding carboxylic acids is 1. The Morgan fingerprint density at radius 3 is 2.42 bits per heavy atom. The summed E-state index contributed by atoms with van der Waals surface area (Å²) in [4.78, 5) is 22.8. The Bertz CT molecular complexity index is 727. The monoisotopic (exact) mass is 355 g/mol. The van der Waals surface area contributed by atoms with Gasteiger partial charge in [-0.1, -0.05) is 12.1 Å². The van der Waals surface area contributed by atoms with Crippen LogP contribution in [-0.4, -0.2) is 49.5 Å². The molecule has 1 atom stereocenters. The maximum absolute atomic E-state index is 12.5. The molecule has 1 aliphatic rings. The highest BCUT2D eigenvalue weighted by Crippen LogP contribution is 2.32. The van der Waals surface area contributed by atoms with Gasteiger partial charge in [0, 0.05) is 13.1 Å². The Hall–Kier alpha value is -1.93. The fraction of sp³-hybridized carbons (Fsp3) is 0.500. The number of hydrogen-bond donors (Lipinski definition) is 1. The second-order valence-electron chi connectivity index (χ2n) is 6.12. The molecular weight excluding hydrogens is 334 g/mol. The van der Waals surface area contributed by atoms with E-state index in [0.717, 1.165) is 0 Å². The van der Waals surface area contributed by atoms with E-state index >= 15 is 0 Å². The van der Waals surface area contributed by atoms with Gasteiger partial charge >= 0.3 is 11.9 Å². The van der Waals surface area contributed by atoms with Crippen LogP contribution < -0.4 is 0 Å². The maximum Gasteiger partial charge on any atom is 0.338 e. The van der Waals surface area contributed by atoms with Gasteiger partial charge in [-0.05, 0) is 38.0 Å². The Labute approximate surface area is 141 Å². The molecule has 2 rings (SSSR count). The van der Waals surface area contributed by atoms with Crippen molar-refractivity contribution in [3.8, 4) is 0 Å². The number of benzene rings is 1. The van der Waals surface area contributed by atoms with Crippen LogP contribution in [0, 0.1) is 5.41 Å². The van der Waals surface area contributed by atoms with Crippen LogP contribution in [0.2, 0.25) is 0 Å². The van der Waals surface area contributed by atoms with Crippen LogP contribution in [0.1, 0.15) is 36.2 Å². The van der Waals surface area contributed by atoms with E-state index in [9.17, 15) is 23.1 Å². The fourth-order valence-corrected chi connectivity index (χ4v) is 4.23. The highest BCUT2D eigenvalue weighted by atomic mass is 32.2. The maximum atomic E-state index is 12.5. The Balaban J connectivity index is 2.07. The van der Waals surface area contributed by atoms with Crippen LogP contribution in [0.3, 0.4) is 0 Å². The average Bonchev–Trinajstić information content (AvgIpc) is 2.93. The normalized spacial score (nSPS) is 21.6. The van der Waals surface area contributed by atoms with E-state index in [2.05, 4.69) is 0 Å². The third-order valence-electron chi connectivity index (χ3n) is 4.16. The number of sulfonamides is 1. The van der Waals surface area contributed by atoms with Crippen LogP contribution in [0.4, 0.5) is 0 Å². The van der Waals surface area contributed by atoms with Gasteiger partial charge in [-0.2, -0.15) is 0 Å². The smallest absolute Gasteiger partial charge is 0.338 e. The predicted molar refractivity (Wildman–Crippen MR) is 87.0 cm³/mol. The van der Waals surface area contributed by atoms with E-state index in [-0.39, 0.29) is 25.4 Å². The van der Waals surface area contributed by atoms with Crippen molar-refractivity contribution in [3.63, 3.8) is 0 Å². The molecule has 0 aliphatic carbocycles. The summed E-state index contributed by atoms with van der Waals surface area (Å²) in [6.07, 6.45) is 0.295. The van der Waals surface area contributed by atoms with E-state index in [1.807, 2.05) is 0 Å². The molecule has 0 amide bonds. The van der Waals surface area contributed by atoms with Gasteiger partial charge in [0.2, 0.25) is 10.0 Å². The van der Waals surface area contributed by atoms with Crippen molar-refractivity contribution in [1.82, 2.24) is 4.31 Å². The molecular formula is C16H21NO6S. The molecule has 1 heterocycles. The molecule has 1 fully saturated rings. The van der Waals surface area contributed by atoms with Gasteiger partial charge in [-0.25, -0.2) is 17.5 Å². The second kappa shape index (κ2) is 6.90. The molecule has 1 aromatic rings. The van der Waals surface area contributed by atoms with Crippen molar-refractivity contribution >= 4 is 22.0 Å². The molecule has 132 valence electrons. The summed E-state index contributed by atoms with van der Waals surface area (Å²) in [5.41, 5.74) is -0.148. The SMILES string of the molecule is CCOC(=O)c1ccc(CS(=O)(=O)N2CCC(C)(C(=O)O)C2)cc1. The molecule has 1 aromatic carbocycles. The second-order valence-corrected chi connectivity index (χ2v) is 8.09. The summed E-state index contributed by atoms with van der Waals surface area (Å²) in [6, 6.07) is 6.18. The number of rotatable bonds is 6. The van der Waals surface area contributed by atoms with Crippen molar-refractivity contribution in [2.45, 2.75) is 26.0 Å². The van der Waals surface area contributed by atoms with Crippen molar-refractivity contribution in [3.05, 3.63) is 35.4 Å². The van der Waals surface area contributed by atoms with E-state index < -0.39 is 27.4 Å². The standard InChI is InChI=1S/C16H21NO6S/c1-3-23-14(18)13-6-4-12(5-7-13)10-24(21,22)17-9-8-16(2,11-17)15(19)20/h4-7H,3,8-11H2,1-2H3,(H,19,20). The number of aliphatic carboxylic acids is 1. The summed E-state index contributed by atoms with van der Waals surface area (Å²) in [6.45, 7) is 3.71. The van der Waals surface area contributed by atoms with Crippen LogP contribution in [-0.2, 0) is 25.3 Å². The van der Waals surface area contributed by atoms with Crippen molar-refractivity contribution in [2.24, 2.45) is 5.41 Å². The van der Waals surface area contributed by atoms with Crippen LogP contribution in [0.25, 0.3) is 0 Å². The molecule has 1 aliphatic heterocycles. The molecule has 0 radical (unpaired) electrons. The van der Waals surface area contributed by atoms with Crippen molar-refractivity contribution < 1.29 is 27.9 Å². The van der Waals surface area contributed by atoms with E-state index in [4.69, 9.17) is 4.74 Å². The first-order chi connectivity index (χ1) is 11.2. The molecule has 8 heteroatoms. The van der Waals surface area contributed by atoms with Gasteiger partial charge in [0.15, 0.2) is 0 Å². The minimum Gasteiger partial charge on any atom is -0.481 e. The van der Waals surface area contributed by atoms with E-state index in [1.165, 1.54) is 16.4 Å². The van der Waals surface area contributed by atoms with Gasteiger partial charge in [0.05, 0.1) is 23.3 Å².